The minimum Gasteiger partial charge on any atom is -0.389 e. The summed E-state index contributed by atoms with van der Waals surface area (Å²) in [4.78, 5) is 0. The van der Waals surface area contributed by atoms with Gasteiger partial charge in [0.15, 0.2) is 0 Å². The van der Waals surface area contributed by atoms with Crippen molar-refractivity contribution in [2.75, 3.05) is 6.61 Å². The summed E-state index contributed by atoms with van der Waals surface area (Å²) in [6.45, 7) is 5.47. The van der Waals surface area contributed by atoms with Crippen LogP contribution in [0, 0.1) is 17.8 Å². The van der Waals surface area contributed by atoms with E-state index in [9.17, 15) is 5.11 Å². The van der Waals surface area contributed by atoms with Gasteiger partial charge < -0.3 is 9.84 Å². The van der Waals surface area contributed by atoms with Crippen LogP contribution < -0.4 is 0 Å². The Morgan fingerprint density at radius 1 is 1.05 bits per heavy atom. The van der Waals surface area contributed by atoms with E-state index in [4.69, 9.17) is 4.74 Å². The molecular weight excluding hydrogens is 236 g/mol. The molecule has 1 saturated heterocycles. The molecule has 4 atom stereocenters. The minimum absolute atomic E-state index is 0.140. The van der Waals surface area contributed by atoms with E-state index >= 15 is 0 Å². The van der Waals surface area contributed by atoms with Crippen molar-refractivity contribution >= 4 is 0 Å². The molecule has 2 aliphatic carbocycles. The predicted molar refractivity (Wildman–Crippen MR) is 77.0 cm³/mol. The molecule has 4 unspecified atom stereocenters. The summed E-state index contributed by atoms with van der Waals surface area (Å²) >= 11 is 0. The third kappa shape index (κ3) is 2.47. The summed E-state index contributed by atoms with van der Waals surface area (Å²) in [5.74, 6) is 1.72. The second-order valence-electron chi connectivity index (χ2n) is 7.70. The third-order valence-corrected chi connectivity index (χ3v) is 6.36. The van der Waals surface area contributed by atoms with E-state index in [1.807, 2.05) is 0 Å². The van der Waals surface area contributed by atoms with Crippen LogP contribution >= 0.6 is 0 Å². The first kappa shape index (κ1) is 13.9. The molecule has 3 fully saturated rings. The zero-order valence-electron chi connectivity index (χ0n) is 12.7. The van der Waals surface area contributed by atoms with E-state index in [1.54, 1.807) is 0 Å². The maximum atomic E-state index is 11.3. The van der Waals surface area contributed by atoms with Crippen LogP contribution in [0.15, 0.2) is 0 Å². The number of hydrogen-bond donors (Lipinski definition) is 1. The molecule has 0 amide bonds. The average molecular weight is 266 g/mol. The van der Waals surface area contributed by atoms with Gasteiger partial charge in [0.05, 0.1) is 11.2 Å². The number of rotatable bonds is 1. The van der Waals surface area contributed by atoms with Crippen LogP contribution in [0.3, 0.4) is 0 Å². The summed E-state index contributed by atoms with van der Waals surface area (Å²) in [5, 5.41) is 11.3. The van der Waals surface area contributed by atoms with Crippen LogP contribution in [0.4, 0.5) is 0 Å². The van der Waals surface area contributed by atoms with E-state index < -0.39 is 5.60 Å². The Bertz CT molecular complexity index is 321. The Kier molecular flexibility index (Phi) is 3.68. The smallest absolute Gasteiger partial charge is 0.0703 e. The number of ether oxygens (including phenoxy) is 1. The molecule has 2 heteroatoms. The highest BCUT2D eigenvalue weighted by Crippen LogP contribution is 2.50. The van der Waals surface area contributed by atoms with Crippen molar-refractivity contribution < 1.29 is 9.84 Å². The van der Waals surface area contributed by atoms with E-state index in [-0.39, 0.29) is 5.60 Å². The topological polar surface area (TPSA) is 29.5 Å². The maximum Gasteiger partial charge on any atom is 0.0703 e. The molecule has 0 aromatic rings. The first-order valence-corrected chi connectivity index (χ1v) is 8.40. The molecule has 2 nitrogen and oxygen atoms in total. The van der Waals surface area contributed by atoms with Crippen molar-refractivity contribution in [2.45, 2.75) is 82.8 Å². The summed E-state index contributed by atoms with van der Waals surface area (Å²) in [6, 6.07) is 0. The average Bonchev–Trinajstić information content (AvgIpc) is 2.82. The van der Waals surface area contributed by atoms with Gasteiger partial charge in [0.2, 0.25) is 0 Å². The molecule has 1 N–H and O–H groups in total. The highest BCUT2D eigenvalue weighted by Gasteiger charge is 2.50. The van der Waals surface area contributed by atoms with Gasteiger partial charge >= 0.3 is 0 Å². The first-order chi connectivity index (χ1) is 9.04. The van der Waals surface area contributed by atoms with Crippen LogP contribution in [-0.2, 0) is 4.74 Å². The van der Waals surface area contributed by atoms with E-state index in [1.165, 1.54) is 38.5 Å². The summed E-state index contributed by atoms with van der Waals surface area (Å²) in [6.07, 6.45) is 10.7. The fourth-order valence-corrected chi connectivity index (χ4v) is 5.08. The third-order valence-electron chi connectivity index (χ3n) is 6.36. The van der Waals surface area contributed by atoms with Gasteiger partial charge in [-0.15, -0.1) is 0 Å². The second-order valence-corrected chi connectivity index (χ2v) is 7.70. The molecule has 110 valence electrons. The lowest BCUT2D eigenvalue weighted by Gasteiger charge is -2.50. The molecule has 0 aromatic heterocycles. The van der Waals surface area contributed by atoms with Crippen molar-refractivity contribution in [1.29, 1.82) is 0 Å². The van der Waals surface area contributed by atoms with Gasteiger partial charge in [-0.1, -0.05) is 26.7 Å². The van der Waals surface area contributed by atoms with Gasteiger partial charge in [0.1, 0.15) is 0 Å². The van der Waals surface area contributed by atoms with Gasteiger partial charge in [-0.2, -0.15) is 0 Å². The van der Waals surface area contributed by atoms with Crippen LogP contribution in [-0.4, -0.2) is 22.9 Å². The molecule has 3 rings (SSSR count). The highest BCUT2D eigenvalue weighted by atomic mass is 16.5. The fourth-order valence-electron chi connectivity index (χ4n) is 5.08. The Labute approximate surface area is 117 Å². The van der Waals surface area contributed by atoms with Crippen LogP contribution in [0.25, 0.3) is 0 Å². The first-order valence-electron chi connectivity index (χ1n) is 8.40. The van der Waals surface area contributed by atoms with Crippen molar-refractivity contribution in [2.24, 2.45) is 17.8 Å². The molecule has 0 bridgehead atoms. The van der Waals surface area contributed by atoms with Gasteiger partial charge in [-0.05, 0) is 62.7 Å². The van der Waals surface area contributed by atoms with Crippen LogP contribution in [0.5, 0.6) is 0 Å². The van der Waals surface area contributed by atoms with Crippen molar-refractivity contribution in [3.63, 3.8) is 0 Å². The zero-order valence-corrected chi connectivity index (χ0v) is 12.7. The lowest BCUT2D eigenvalue weighted by atomic mass is 9.62. The van der Waals surface area contributed by atoms with E-state index in [0.29, 0.717) is 11.8 Å². The van der Waals surface area contributed by atoms with E-state index in [2.05, 4.69) is 13.8 Å². The van der Waals surface area contributed by atoms with Gasteiger partial charge in [0, 0.05) is 6.61 Å². The molecule has 3 aliphatic rings. The number of aliphatic hydroxyl groups is 1. The number of hydrogen-bond acceptors (Lipinski definition) is 2. The molecule has 2 saturated carbocycles. The van der Waals surface area contributed by atoms with Crippen molar-refractivity contribution in [1.82, 2.24) is 0 Å². The van der Waals surface area contributed by atoms with Gasteiger partial charge in [0.25, 0.3) is 0 Å². The Morgan fingerprint density at radius 3 is 2.47 bits per heavy atom. The van der Waals surface area contributed by atoms with Crippen molar-refractivity contribution in [3.8, 4) is 0 Å². The lowest BCUT2D eigenvalue weighted by Crippen LogP contribution is -2.52. The minimum atomic E-state index is -0.411. The Morgan fingerprint density at radius 2 is 1.79 bits per heavy atom. The summed E-state index contributed by atoms with van der Waals surface area (Å²) < 4.78 is 6.14. The largest absolute Gasteiger partial charge is 0.389 e. The fraction of sp³-hybridized carbons (Fsp3) is 1.00. The summed E-state index contributed by atoms with van der Waals surface area (Å²) in [5.41, 5.74) is -0.271. The molecule has 19 heavy (non-hydrogen) atoms. The summed E-state index contributed by atoms with van der Waals surface area (Å²) in [7, 11) is 0. The maximum absolute atomic E-state index is 11.3. The van der Waals surface area contributed by atoms with E-state index in [0.717, 1.165) is 31.8 Å². The van der Waals surface area contributed by atoms with Gasteiger partial charge in [-0.25, -0.2) is 0 Å². The monoisotopic (exact) mass is 266 g/mol. The van der Waals surface area contributed by atoms with Crippen LogP contribution in [0.2, 0.25) is 0 Å². The molecule has 1 heterocycles. The molecular formula is C17H30O2. The molecule has 1 spiro atoms. The molecule has 0 radical (unpaired) electrons. The standard InChI is InChI=1S/C17H30O2/c1-13-5-9-17(18,14(2)11-13)15-6-10-19-16(12-15)7-3-4-8-16/h13-15,18H,3-12H2,1-2H3. The normalized spacial score (nSPS) is 46.6. The molecule has 1 aliphatic heterocycles. The Hall–Kier alpha value is -0.0800. The second kappa shape index (κ2) is 5.04. The lowest BCUT2D eigenvalue weighted by molar-refractivity contribution is -0.168. The predicted octanol–water partition coefficient (Wildman–Crippen LogP) is 3.91. The van der Waals surface area contributed by atoms with Crippen LogP contribution in [0.1, 0.15) is 71.6 Å². The molecule has 0 aromatic carbocycles. The SMILES string of the molecule is CC1CCC(O)(C2CCOC3(CCCC3)C2)C(C)C1. The Balaban J connectivity index is 1.73. The van der Waals surface area contributed by atoms with Crippen molar-refractivity contribution in [3.05, 3.63) is 0 Å². The quantitative estimate of drug-likeness (QED) is 0.779. The highest BCUT2D eigenvalue weighted by molar-refractivity contribution is 5.01. The van der Waals surface area contributed by atoms with Gasteiger partial charge in [-0.3, -0.25) is 0 Å². The zero-order chi connectivity index (χ0) is 13.5.